The van der Waals surface area contributed by atoms with Gasteiger partial charge in [-0.05, 0) is 19.8 Å². The van der Waals surface area contributed by atoms with Gasteiger partial charge in [0.2, 0.25) is 0 Å². The number of aliphatic hydroxyl groups excluding tert-OH is 1. The molecule has 0 saturated heterocycles. The molecule has 0 aliphatic rings. The largest absolute Gasteiger partial charge is 0.616 e. The minimum Gasteiger partial charge on any atom is -0.616 e. The molecule has 0 heterocycles. The highest BCUT2D eigenvalue weighted by molar-refractivity contribution is 7.91. The number of unbranched alkanes of at least 4 members (excludes halogenated alkanes) is 11. The first-order valence-corrected chi connectivity index (χ1v) is 10.2. The Kier molecular flexibility index (Phi) is 15.9. The molecule has 0 saturated carbocycles. The summed E-state index contributed by atoms with van der Waals surface area (Å²) >= 11 is -0.815. The van der Waals surface area contributed by atoms with Crippen LogP contribution in [0, 0.1) is 0 Å². The summed E-state index contributed by atoms with van der Waals surface area (Å²) in [6.07, 6.45) is 15.6. The Bertz CT molecular complexity index is 186. The molecular formula is C17H36O2S. The van der Waals surface area contributed by atoms with Gasteiger partial charge in [-0.1, -0.05) is 82.3 Å². The van der Waals surface area contributed by atoms with Crippen LogP contribution >= 0.6 is 0 Å². The third kappa shape index (κ3) is 16.3. The van der Waals surface area contributed by atoms with Gasteiger partial charge in [0.25, 0.3) is 0 Å². The van der Waals surface area contributed by atoms with Crippen molar-refractivity contribution in [3.05, 3.63) is 0 Å². The van der Waals surface area contributed by atoms with Gasteiger partial charge in [-0.2, -0.15) is 0 Å². The van der Waals surface area contributed by atoms with Crippen LogP contribution in [0.25, 0.3) is 0 Å². The number of rotatable bonds is 15. The lowest BCUT2D eigenvalue weighted by molar-refractivity contribution is 0.218. The maximum absolute atomic E-state index is 11.5. The Morgan fingerprint density at radius 1 is 0.800 bits per heavy atom. The molecule has 20 heavy (non-hydrogen) atoms. The fourth-order valence-electron chi connectivity index (χ4n) is 2.46. The summed E-state index contributed by atoms with van der Waals surface area (Å²) in [6, 6.07) is 0. The van der Waals surface area contributed by atoms with E-state index in [0.717, 1.165) is 12.2 Å². The van der Waals surface area contributed by atoms with E-state index in [4.69, 9.17) is 5.11 Å². The van der Waals surface area contributed by atoms with E-state index in [-0.39, 0.29) is 0 Å². The predicted octanol–water partition coefficient (Wildman–Crippen LogP) is 4.82. The van der Waals surface area contributed by atoms with Crippen molar-refractivity contribution in [2.75, 3.05) is 11.5 Å². The number of hydrogen-bond donors (Lipinski definition) is 1. The standard InChI is InChI=1S/C17H36O2S/c1-3-4-5-6-7-8-9-10-11-12-13-14-15-20(19)16-17(2)18/h17-18H,3-16H2,1-2H3. The molecule has 2 unspecified atom stereocenters. The molecule has 0 aromatic heterocycles. The lowest BCUT2D eigenvalue weighted by Crippen LogP contribution is -2.20. The first-order chi connectivity index (χ1) is 9.66. The molecule has 0 amide bonds. The molecule has 0 radical (unpaired) electrons. The second-order valence-corrected chi connectivity index (χ2v) is 7.67. The van der Waals surface area contributed by atoms with Gasteiger partial charge in [0, 0.05) is 0 Å². The first-order valence-electron chi connectivity index (χ1n) is 8.69. The van der Waals surface area contributed by atoms with E-state index in [2.05, 4.69) is 6.92 Å². The van der Waals surface area contributed by atoms with Gasteiger partial charge in [-0.25, -0.2) is 0 Å². The van der Waals surface area contributed by atoms with E-state index in [1.54, 1.807) is 6.92 Å². The predicted molar refractivity (Wildman–Crippen MR) is 90.6 cm³/mol. The van der Waals surface area contributed by atoms with Crippen molar-refractivity contribution in [1.29, 1.82) is 0 Å². The average Bonchev–Trinajstić information content (AvgIpc) is 2.39. The summed E-state index contributed by atoms with van der Waals surface area (Å²) in [4.78, 5) is 0. The van der Waals surface area contributed by atoms with Crippen LogP contribution in [0.4, 0.5) is 0 Å². The average molecular weight is 305 g/mol. The van der Waals surface area contributed by atoms with Crippen LogP contribution in [-0.4, -0.2) is 27.3 Å². The summed E-state index contributed by atoms with van der Waals surface area (Å²) in [5.74, 6) is 1.21. The van der Waals surface area contributed by atoms with Crippen LogP contribution in [0.2, 0.25) is 0 Å². The van der Waals surface area contributed by atoms with Gasteiger partial charge in [-0.3, -0.25) is 0 Å². The third-order valence-electron chi connectivity index (χ3n) is 3.65. The van der Waals surface area contributed by atoms with Crippen molar-refractivity contribution < 1.29 is 9.66 Å². The van der Waals surface area contributed by atoms with Crippen molar-refractivity contribution >= 4 is 11.2 Å². The highest BCUT2D eigenvalue weighted by Crippen LogP contribution is 2.12. The third-order valence-corrected chi connectivity index (χ3v) is 5.25. The monoisotopic (exact) mass is 304 g/mol. The van der Waals surface area contributed by atoms with Crippen LogP contribution < -0.4 is 0 Å². The van der Waals surface area contributed by atoms with E-state index in [1.165, 1.54) is 70.6 Å². The molecule has 0 bridgehead atoms. The molecule has 0 aromatic carbocycles. The number of aliphatic hydroxyl groups is 1. The van der Waals surface area contributed by atoms with Gasteiger partial charge in [0.05, 0.1) is 6.10 Å². The van der Waals surface area contributed by atoms with Gasteiger partial charge in [-0.15, -0.1) is 0 Å². The van der Waals surface area contributed by atoms with E-state index in [9.17, 15) is 4.55 Å². The van der Waals surface area contributed by atoms with Crippen LogP contribution in [0.15, 0.2) is 0 Å². The van der Waals surface area contributed by atoms with Gasteiger partial charge < -0.3 is 9.66 Å². The van der Waals surface area contributed by atoms with Crippen molar-refractivity contribution in [2.45, 2.75) is 97.0 Å². The molecule has 0 aromatic rings. The maximum Gasteiger partial charge on any atom is 0.131 e. The Hall–Kier alpha value is 0.270. The summed E-state index contributed by atoms with van der Waals surface area (Å²) in [7, 11) is 0. The molecule has 0 fully saturated rings. The Morgan fingerprint density at radius 3 is 1.60 bits per heavy atom. The van der Waals surface area contributed by atoms with Crippen molar-refractivity contribution in [1.82, 2.24) is 0 Å². The summed E-state index contributed by atoms with van der Waals surface area (Å²) in [5, 5.41) is 9.12. The molecule has 0 spiro atoms. The minimum atomic E-state index is -0.815. The summed E-state index contributed by atoms with van der Waals surface area (Å²) < 4.78 is 11.5. The van der Waals surface area contributed by atoms with Crippen LogP contribution in [0.5, 0.6) is 0 Å². The highest BCUT2D eigenvalue weighted by Gasteiger charge is 2.09. The van der Waals surface area contributed by atoms with E-state index < -0.39 is 17.3 Å². The lowest BCUT2D eigenvalue weighted by atomic mass is 10.1. The second-order valence-electron chi connectivity index (χ2n) is 6.05. The van der Waals surface area contributed by atoms with Gasteiger partial charge in [0.15, 0.2) is 0 Å². The minimum absolute atomic E-state index is 0.423. The topological polar surface area (TPSA) is 43.3 Å². The van der Waals surface area contributed by atoms with Gasteiger partial charge in [0.1, 0.15) is 11.5 Å². The summed E-state index contributed by atoms with van der Waals surface area (Å²) in [5.41, 5.74) is 0. The van der Waals surface area contributed by atoms with Crippen LogP contribution in [-0.2, 0) is 11.2 Å². The van der Waals surface area contributed by atoms with E-state index in [0.29, 0.717) is 5.75 Å². The zero-order valence-corrected chi connectivity index (χ0v) is 14.6. The lowest BCUT2D eigenvalue weighted by Gasteiger charge is -2.12. The molecule has 1 N–H and O–H groups in total. The normalized spacial score (nSPS) is 14.4. The SMILES string of the molecule is CCCCCCCCCCCCCC[S+]([O-])CC(C)O. The molecule has 2 atom stereocenters. The fourth-order valence-corrected chi connectivity index (χ4v) is 3.69. The zero-order chi connectivity index (χ0) is 15.1. The quantitative estimate of drug-likeness (QED) is 0.348. The zero-order valence-electron chi connectivity index (χ0n) is 13.7. The highest BCUT2D eigenvalue weighted by atomic mass is 32.2. The Balaban J connectivity index is 3.06. The molecule has 3 heteroatoms. The smallest absolute Gasteiger partial charge is 0.131 e. The Labute approximate surface area is 129 Å². The van der Waals surface area contributed by atoms with Crippen LogP contribution in [0.1, 0.15) is 90.9 Å². The molecule has 0 aliphatic heterocycles. The molecular weight excluding hydrogens is 268 g/mol. The van der Waals surface area contributed by atoms with E-state index in [1.807, 2.05) is 0 Å². The maximum atomic E-state index is 11.5. The molecule has 0 rings (SSSR count). The van der Waals surface area contributed by atoms with Crippen molar-refractivity contribution in [3.8, 4) is 0 Å². The van der Waals surface area contributed by atoms with Gasteiger partial charge >= 0.3 is 0 Å². The summed E-state index contributed by atoms with van der Waals surface area (Å²) in [6.45, 7) is 3.97. The first kappa shape index (κ1) is 20.3. The molecule has 122 valence electrons. The second kappa shape index (κ2) is 15.7. The van der Waals surface area contributed by atoms with Crippen molar-refractivity contribution in [3.63, 3.8) is 0 Å². The molecule has 2 nitrogen and oxygen atoms in total. The van der Waals surface area contributed by atoms with Crippen molar-refractivity contribution in [2.24, 2.45) is 0 Å². The van der Waals surface area contributed by atoms with E-state index >= 15 is 0 Å². The molecule has 0 aliphatic carbocycles. The Morgan fingerprint density at radius 2 is 1.20 bits per heavy atom. The fraction of sp³-hybridized carbons (Fsp3) is 1.00. The number of hydrogen-bond acceptors (Lipinski definition) is 2. The van der Waals surface area contributed by atoms with Crippen LogP contribution in [0.3, 0.4) is 0 Å².